The van der Waals surface area contributed by atoms with Gasteiger partial charge in [0.05, 0.1) is 13.7 Å². The Bertz CT molecular complexity index is 763. The van der Waals surface area contributed by atoms with E-state index in [2.05, 4.69) is 9.47 Å². The molecule has 0 bridgehead atoms. The largest absolute Gasteiger partial charge is 0.466 e. The zero-order valence-corrected chi connectivity index (χ0v) is 15.0. The fourth-order valence-corrected chi connectivity index (χ4v) is 2.95. The summed E-state index contributed by atoms with van der Waals surface area (Å²) in [7, 11) is 0.936. The van der Waals surface area contributed by atoms with Crippen molar-refractivity contribution in [2.75, 3.05) is 13.7 Å². The van der Waals surface area contributed by atoms with Gasteiger partial charge < -0.3 is 19.3 Å². The molecule has 3 atom stereocenters. The zero-order valence-electron chi connectivity index (χ0n) is 14.2. The molecule has 1 aliphatic heterocycles. The Morgan fingerprint density at radius 3 is 2.56 bits per heavy atom. The van der Waals surface area contributed by atoms with Gasteiger partial charge in [-0.25, -0.2) is 4.79 Å². The van der Waals surface area contributed by atoms with Gasteiger partial charge in [-0.1, -0.05) is 23.7 Å². The van der Waals surface area contributed by atoms with Crippen molar-refractivity contribution in [3.63, 3.8) is 0 Å². The third kappa shape index (κ3) is 4.03. The van der Waals surface area contributed by atoms with Crippen LogP contribution in [0.4, 0.5) is 13.2 Å². The number of alkyl halides is 3. The Hall–Kier alpha value is -2.26. The summed E-state index contributed by atoms with van der Waals surface area (Å²) in [5.74, 6) is -11.1. The highest BCUT2D eigenvalue weighted by molar-refractivity contribution is 6.30. The summed E-state index contributed by atoms with van der Waals surface area (Å²) in [6, 6.07) is 5.64. The molecule has 1 aliphatic rings. The molecule has 1 aromatic carbocycles. The van der Waals surface area contributed by atoms with Crippen LogP contribution in [0, 0.1) is 5.92 Å². The van der Waals surface area contributed by atoms with Crippen molar-refractivity contribution < 1.29 is 42.1 Å². The number of aliphatic hydroxyl groups is 1. The van der Waals surface area contributed by atoms with E-state index in [1.807, 2.05) is 0 Å². The average Bonchev–Trinajstić information content (AvgIpc) is 2.59. The summed E-state index contributed by atoms with van der Waals surface area (Å²) in [5.41, 5.74) is 0.146. The molecule has 0 amide bonds. The van der Waals surface area contributed by atoms with Crippen molar-refractivity contribution >= 4 is 23.5 Å². The van der Waals surface area contributed by atoms with E-state index in [4.69, 9.17) is 16.3 Å². The number of ether oxygens (including phenoxy) is 3. The van der Waals surface area contributed by atoms with Crippen LogP contribution >= 0.6 is 11.6 Å². The van der Waals surface area contributed by atoms with Gasteiger partial charge in [0.15, 0.2) is 0 Å². The Morgan fingerprint density at radius 2 is 2.04 bits per heavy atom. The van der Waals surface area contributed by atoms with Crippen LogP contribution in [-0.2, 0) is 23.8 Å². The van der Waals surface area contributed by atoms with Crippen LogP contribution in [0.2, 0.25) is 5.02 Å². The molecular weight excluding hydrogens is 393 g/mol. The highest BCUT2D eigenvalue weighted by atomic mass is 35.5. The molecule has 2 rings (SSSR count). The second-order valence-electron chi connectivity index (χ2n) is 5.63. The van der Waals surface area contributed by atoms with Crippen molar-refractivity contribution in [1.29, 1.82) is 0 Å². The van der Waals surface area contributed by atoms with Crippen molar-refractivity contribution in [2.45, 2.75) is 24.8 Å². The van der Waals surface area contributed by atoms with Gasteiger partial charge in [0.2, 0.25) is 5.76 Å². The number of hydrogen-bond acceptors (Lipinski definition) is 6. The molecule has 6 nitrogen and oxygen atoms in total. The molecular formula is C17H16ClF3O6. The first-order valence-corrected chi connectivity index (χ1v) is 8.13. The SMILES string of the molecule is CCOC(=O)[C@H]1[C@H](c2cccc(Cl)c2)C=C(C(=O)OC)O[C@]1(O)C(F)(F)F. The summed E-state index contributed by atoms with van der Waals surface area (Å²) < 4.78 is 54.7. The van der Waals surface area contributed by atoms with Crippen LogP contribution in [-0.4, -0.2) is 42.7 Å². The Kier molecular flexibility index (Phi) is 6.06. The highest BCUT2D eigenvalue weighted by Crippen LogP contribution is 2.49. The van der Waals surface area contributed by atoms with E-state index in [0.717, 1.165) is 13.2 Å². The van der Waals surface area contributed by atoms with E-state index in [1.165, 1.54) is 31.2 Å². The number of allylic oxidation sites excluding steroid dienone is 1. The smallest absolute Gasteiger partial charge is 0.456 e. The number of methoxy groups -OCH3 is 1. The summed E-state index contributed by atoms with van der Waals surface area (Å²) in [6.07, 6.45) is -4.45. The second kappa shape index (κ2) is 7.77. The Labute approximate surface area is 157 Å². The second-order valence-corrected chi connectivity index (χ2v) is 6.07. The predicted octanol–water partition coefficient (Wildman–Crippen LogP) is 2.94. The summed E-state index contributed by atoms with van der Waals surface area (Å²) >= 11 is 5.90. The van der Waals surface area contributed by atoms with Gasteiger partial charge >= 0.3 is 23.9 Å². The molecule has 0 saturated carbocycles. The molecule has 27 heavy (non-hydrogen) atoms. The van der Waals surface area contributed by atoms with Crippen LogP contribution in [0.1, 0.15) is 18.4 Å². The first-order valence-electron chi connectivity index (χ1n) is 7.75. The maximum Gasteiger partial charge on any atom is 0.456 e. The van der Waals surface area contributed by atoms with Crippen LogP contribution < -0.4 is 0 Å². The Balaban J connectivity index is 2.71. The lowest BCUT2D eigenvalue weighted by molar-refractivity contribution is -0.375. The maximum atomic E-state index is 13.7. The number of carbonyl (C=O) groups excluding carboxylic acids is 2. The van der Waals surface area contributed by atoms with Crippen LogP contribution in [0.5, 0.6) is 0 Å². The number of benzene rings is 1. The molecule has 0 unspecified atom stereocenters. The number of carbonyl (C=O) groups is 2. The third-order valence-corrected chi connectivity index (χ3v) is 4.18. The minimum atomic E-state index is -5.42. The molecule has 1 aromatic rings. The highest BCUT2D eigenvalue weighted by Gasteiger charge is 2.68. The van der Waals surface area contributed by atoms with Gasteiger partial charge in [0, 0.05) is 10.9 Å². The van der Waals surface area contributed by atoms with Gasteiger partial charge in [-0.15, -0.1) is 0 Å². The fourth-order valence-electron chi connectivity index (χ4n) is 2.75. The minimum absolute atomic E-state index is 0.146. The molecule has 1 N–H and O–H groups in total. The van der Waals surface area contributed by atoms with Gasteiger partial charge in [-0.2, -0.15) is 13.2 Å². The standard InChI is InChI=1S/C17H16ClF3O6/c1-3-26-15(23)13-11(9-5-4-6-10(18)7-9)8-12(14(22)25-2)27-16(13,24)17(19,20)21/h4-8,11,13,24H,3H2,1-2H3/t11-,13+,16-/m0/s1. The molecule has 1 heterocycles. The van der Waals surface area contributed by atoms with E-state index in [9.17, 15) is 27.9 Å². The molecule has 10 heteroatoms. The molecule has 0 radical (unpaired) electrons. The van der Waals surface area contributed by atoms with Gasteiger partial charge in [-0.05, 0) is 30.7 Å². The van der Waals surface area contributed by atoms with Crippen LogP contribution in [0.15, 0.2) is 36.1 Å². The monoisotopic (exact) mass is 408 g/mol. The first kappa shape index (κ1) is 21.0. The molecule has 0 aromatic heterocycles. The quantitative estimate of drug-likeness (QED) is 0.771. The normalized spacial score (nSPS) is 25.2. The van der Waals surface area contributed by atoms with Gasteiger partial charge in [0.1, 0.15) is 5.92 Å². The molecule has 0 spiro atoms. The Morgan fingerprint density at radius 1 is 1.37 bits per heavy atom. The summed E-state index contributed by atoms with van der Waals surface area (Å²) in [6.45, 7) is 1.18. The number of halogens is 4. The lowest BCUT2D eigenvalue weighted by atomic mass is 9.78. The topological polar surface area (TPSA) is 82.1 Å². The number of hydrogen-bond donors (Lipinski definition) is 1. The molecule has 0 aliphatic carbocycles. The van der Waals surface area contributed by atoms with Gasteiger partial charge in [0.25, 0.3) is 0 Å². The third-order valence-electron chi connectivity index (χ3n) is 3.94. The zero-order chi connectivity index (χ0) is 20.4. The fraction of sp³-hybridized carbons (Fsp3) is 0.412. The van der Waals surface area contributed by atoms with Crippen molar-refractivity contribution in [1.82, 2.24) is 0 Å². The predicted molar refractivity (Wildman–Crippen MR) is 86.5 cm³/mol. The van der Waals surface area contributed by atoms with Crippen molar-refractivity contribution in [2.24, 2.45) is 5.92 Å². The van der Waals surface area contributed by atoms with Crippen molar-refractivity contribution in [3.05, 3.63) is 46.7 Å². The summed E-state index contributed by atoms with van der Waals surface area (Å²) in [5, 5.41) is 10.5. The van der Waals surface area contributed by atoms with E-state index in [0.29, 0.717) is 0 Å². The molecule has 148 valence electrons. The van der Waals surface area contributed by atoms with E-state index >= 15 is 0 Å². The van der Waals surface area contributed by atoms with E-state index < -0.39 is 41.5 Å². The maximum absolute atomic E-state index is 13.7. The molecule has 0 saturated heterocycles. The van der Waals surface area contributed by atoms with Crippen molar-refractivity contribution in [3.8, 4) is 0 Å². The average molecular weight is 409 g/mol. The van der Waals surface area contributed by atoms with E-state index in [1.54, 1.807) is 0 Å². The lowest BCUT2D eigenvalue weighted by Gasteiger charge is -2.42. The van der Waals surface area contributed by atoms with Gasteiger partial charge in [-0.3, -0.25) is 4.79 Å². The van der Waals surface area contributed by atoms with E-state index in [-0.39, 0.29) is 17.2 Å². The minimum Gasteiger partial charge on any atom is -0.466 e. The summed E-state index contributed by atoms with van der Waals surface area (Å²) in [4.78, 5) is 24.1. The number of esters is 2. The molecule has 0 fully saturated rings. The first-order chi connectivity index (χ1) is 12.5. The number of rotatable bonds is 4. The lowest BCUT2D eigenvalue weighted by Crippen LogP contribution is -2.59. The van der Waals surface area contributed by atoms with Crippen LogP contribution in [0.25, 0.3) is 0 Å². The van der Waals surface area contributed by atoms with Crippen LogP contribution in [0.3, 0.4) is 0 Å².